The SMILES string of the molecule is O=Cc1ccc(S(=O)(=O)C2NCCNC2CC(=O)NC2CCCc3cc(OS(=O)(=O)C(F)(F)F)ccc32)cc1. The minimum atomic E-state index is -5.81. The average molecular weight is 590 g/mol. The monoisotopic (exact) mass is 589 g/mol. The molecule has 1 saturated heterocycles. The van der Waals surface area contributed by atoms with E-state index in [4.69, 9.17) is 0 Å². The Morgan fingerprint density at radius 1 is 1.05 bits per heavy atom. The molecule has 0 spiro atoms. The van der Waals surface area contributed by atoms with Crippen molar-refractivity contribution in [2.45, 2.75) is 53.5 Å². The number of carbonyl (C=O) groups is 2. The molecule has 39 heavy (non-hydrogen) atoms. The highest BCUT2D eigenvalue weighted by Gasteiger charge is 2.48. The number of rotatable bonds is 8. The number of benzene rings is 2. The summed E-state index contributed by atoms with van der Waals surface area (Å²) in [6, 6.07) is 7.92. The van der Waals surface area contributed by atoms with Gasteiger partial charge in [-0.1, -0.05) is 18.2 Å². The predicted octanol–water partition coefficient (Wildman–Crippen LogP) is 1.97. The third kappa shape index (κ3) is 6.42. The van der Waals surface area contributed by atoms with Crippen molar-refractivity contribution >= 4 is 32.1 Å². The molecule has 3 atom stereocenters. The van der Waals surface area contributed by atoms with Crippen molar-refractivity contribution in [1.29, 1.82) is 0 Å². The second-order valence-electron chi connectivity index (χ2n) is 9.23. The number of fused-ring (bicyclic) bond motifs is 1. The molecule has 0 bridgehead atoms. The summed E-state index contributed by atoms with van der Waals surface area (Å²) >= 11 is 0. The number of aryl methyl sites for hydroxylation is 1. The van der Waals surface area contributed by atoms with E-state index in [9.17, 15) is 39.6 Å². The number of sulfone groups is 1. The number of nitrogens with one attached hydrogen (secondary N) is 3. The normalized spacial score (nSPS) is 22.0. The summed E-state index contributed by atoms with van der Waals surface area (Å²) in [6.07, 6.45) is 1.97. The summed E-state index contributed by atoms with van der Waals surface area (Å²) in [5, 5.41) is 7.78. The molecule has 0 aromatic heterocycles. The Labute approximate surface area is 223 Å². The zero-order valence-corrected chi connectivity index (χ0v) is 22.0. The number of halogens is 3. The van der Waals surface area contributed by atoms with Crippen LogP contribution in [0.5, 0.6) is 5.75 Å². The number of hydrogen-bond acceptors (Lipinski definition) is 9. The predicted molar refractivity (Wildman–Crippen MR) is 133 cm³/mol. The lowest BCUT2D eigenvalue weighted by molar-refractivity contribution is -0.122. The van der Waals surface area contributed by atoms with Crippen LogP contribution in [0, 0.1) is 0 Å². The molecule has 1 heterocycles. The van der Waals surface area contributed by atoms with Gasteiger partial charge in [-0.25, -0.2) is 8.42 Å². The first-order valence-corrected chi connectivity index (χ1v) is 15.0. The van der Waals surface area contributed by atoms with Crippen LogP contribution in [0.3, 0.4) is 0 Å². The summed E-state index contributed by atoms with van der Waals surface area (Å²) < 4.78 is 91.4. The Balaban J connectivity index is 1.46. The number of hydrogen-bond donors (Lipinski definition) is 3. The molecule has 1 amide bonds. The number of carbonyl (C=O) groups excluding carboxylic acids is 2. The summed E-state index contributed by atoms with van der Waals surface area (Å²) in [4.78, 5) is 23.9. The minimum Gasteiger partial charge on any atom is -0.376 e. The fourth-order valence-electron chi connectivity index (χ4n) is 4.73. The fraction of sp³-hybridized carbons (Fsp3) is 0.417. The van der Waals surface area contributed by atoms with Gasteiger partial charge in [0.15, 0.2) is 9.84 Å². The zero-order valence-electron chi connectivity index (χ0n) is 20.4. The lowest BCUT2D eigenvalue weighted by Gasteiger charge is -2.34. The van der Waals surface area contributed by atoms with Crippen molar-refractivity contribution in [3.05, 3.63) is 59.2 Å². The van der Waals surface area contributed by atoms with Crippen LogP contribution >= 0.6 is 0 Å². The molecule has 0 saturated carbocycles. The highest BCUT2D eigenvalue weighted by molar-refractivity contribution is 7.92. The molecule has 2 aromatic rings. The molecule has 4 rings (SSSR count). The third-order valence-electron chi connectivity index (χ3n) is 6.58. The van der Waals surface area contributed by atoms with E-state index in [-0.39, 0.29) is 11.3 Å². The van der Waals surface area contributed by atoms with E-state index in [1.165, 1.54) is 36.4 Å². The summed E-state index contributed by atoms with van der Waals surface area (Å²) in [7, 11) is -9.72. The molecule has 1 fully saturated rings. The molecule has 0 radical (unpaired) electrons. The first-order chi connectivity index (χ1) is 18.3. The summed E-state index contributed by atoms with van der Waals surface area (Å²) in [5.41, 5.74) is -4.09. The molecule has 3 unspecified atom stereocenters. The van der Waals surface area contributed by atoms with E-state index in [1.54, 1.807) is 0 Å². The van der Waals surface area contributed by atoms with E-state index >= 15 is 0 Å². The molecule has 212 valence electrons. The van der Waals surface area contributed by atoms with Gasteiger partial charge in [0.25, 0.3) is 0 Å². The molecular formula is C24H26F3N3O7S2. The molecule has 1 aliphatic heterocycles. The van der Waals surface area contributed by atoms with Gasteiger partial charge < -0.3 is 14.8 Å². The smallest absolute Gasteiger partial charge is 0.376 e. The van der Waals surface area contributed by atoms with Crippen molar-refractivity contribution in [2.24, 2.45) is 0 Å². The van der Waals surface area contributed by atoms with Crippen molar-refractivity contribution in [2.75, 3.05) is 13.1 Å². The molecule has 2 aromatic carbocycles. The van der Waals surface area contributed by atoms with E-state index in [0.29, 0.717) is 55.3 Å². The third-order valence-corrected chi connectivity index (χ3v) is 9.65. The lowest BCUT2D eigenvalue weighted by Crippen LogP contribution is -2.60. The molecule has 1 aliphatic carbocycles. The fourth-order valence-corrected chi connectivity index (χ4v) is 6.95. The quantitative estimate of drug-likeness (QED) is 0.239. The van der Waals surface area contributed by atoms with Crippen molar-refractivity contribution < 1.29 is 43.8 Å². The van der Waals surface area contributed by atoms with Gasteiger partial charge in [-0.2, -0.15) is 21.6 Å². The van der Waals surface area contributed by atoms with E-state index in [1.807, 2.05) is 0 Å². The Hall–Kier alpha value is -3.01. The maximum Gasteiger partial charge on any atom is 0.534 e. The Morgan fingerprint density at radius 3 is 2.41 bits per heavy atom. The van der Waals surface area contributed by atoms with Crippen LogP contribution in [0.2, 0.25) is 0 Å². The topological polar surface area (TPSA) is 148 Å². The van der Waals surface area contributed by atoms with Gasteiger partial charge in [-0.3, -0.25) is 14.9 Å². The first kappa shape index (κ1) is 29.0. The van der Waals surface area contributed by atoms with Gasteiger partial charge in [-0.05, 0) is 54.7 Å². The minimum absolute atomic E-state index is 0.00600. The van der Waals surface area contributed by atoms with Crippen LogP contribution in [0.25, 0.3) is 0 Å². The van der Waals surface area contributed by atoms with Crippen molar-refractivity contribution in [3.8, 4) is 5.75 Å². The van der Waals surface area contributed by atoms with Gasteiger partial charge in [0.05, 0.1) is 10.9 Å². The standard InChI is InChI=1S/C24H26F3N3O7S2/c25-24(26,27)39(35,36)37-17-6-9-19-16(12-17)2-1-3-20(19)30-22(32)13-21-23(29-11-10-28-21)38(33,34)18-7-4-15(14-31)5-8-18/h4-9,12,14,20-21,23,28-29H,1-3,10-11,13H2,(H,30,32). The highest BCUT2D eigenvalue weighted by atomic mass is 32.2. The second kappa shape index (κ2) is 11.2. The van der Waals surface area contributed by atoms with Crippen LogP contribution in [0.4, 0.5) is 13.2 Å². The Bertz CT molecular complexity index is 1450. The van der Waals surface area contributed by atoms with Crippen LogP contribution < -0.4 is 20.1 Å². The summed E-state index contributed by atoms with van der Waals surface area (Å²) in [5.74, 6) is -0.921. The van der Waals surface area contributed by atoms with Gasteiger partial charge >= 0.3 is 15.6 Å². The molecule has 15 heteroatoms. The Morgan fingerprint density at radius 2 is 1.74 bits per heavy atom. The lowest BCUT2D eigenvalue weighted by atomic mass is 9.87. The van der Waals surface area contributed by atoms with Crippen molar-refractivity contribution in [3.63, 3.8) is 0 Å². The number of amides is 1. The van der Waals surface area contributed by atoms with Crippen molar-refractivity contribution in [1.82, 2.24) is 16.0 Å². The number of aldehydes is 1. The van der Waals surface area contributed by atoms with Gasteiger partial charge in [-0.15, -0.1) is 0 Å². The summed E-state index contributed by atoms with van der Waals surface area (Å²) in [6.45, 7) is 0.794. The molecule has 2 aliphatic rings. The average Bonchev–Trinajstić information content (AvgIpc) is 2.88. The van der Waals surface area contributed by atoms with E-state index in [2.05, 4.69) is 20.1 Å². The zero-order chi connectivity index (χ0) is 28.4. The van der Waals surface area contributed by atoms with Crippen LogP contribution in [0.1, 0.15) is 46.8 Å². The molecule has 3 N–H and O–H groups in total. The van der Waals surface area contributed by atoms with E-state index in [0.717, 1.165) is 6.07 Å². The largest absolute Gasteiger partial charge is 0.534 e. The Kier molecular flexibility index (Phi) is 8.35. The first-order valence-electron chi connectivity index (χ1n) is 12.0. The maximum atomic E-state index is 13.3. The van der Waals surface area contributed by atoms with Crippen LogP contribution in [0.15, 0.2) is 47.4 Å². The molecular weight excluding hydrogens is 563 g/mol. The highest BCUT2D eigenvalue weighted by Crippen LogP contribution is 2.34. The van der Waals surface area contributed by atoms with Crippen LogP contribution in [-0.2, 0) is 31.2 Å². The maximum absolute atomic E-state index is 13.3. The molecule has 10 nitrogen and oxygen atoms in total. The van der Waals surface area contributed by atoms with Gasteiger partial charge in [0, 0.05) is 31.1 Å². The second-order valence-corrected chi connectivity index (χ2v) is 12.8. The van der Waals surface area contributed by atoms with E-state index < -0.39 is 54.6 Å². The van der Waals surface area contributed by atoms with Crippen LogP contribution in [-0.4, -0.2) is 59.0 Å². The number of alkyl halides is 3. The number of piperazine rings is 1. The van der Waals surface area contributed by atoms with Gasteiger partial charge in [0.2, 0.25) is 5.91 Å². The van der Waals surface area contributed by atoms with Gasteiger partial charge in [0.1, 0.15) is 17.4 Å².